The predicted octanol–water partition coefficient (Wildman–Crippen LogP) is 3.47. The van der Waals surface area contributed by atoms with Gasteiger partial charge in [0.1, 0.15) is 12.0 Å². The van der Waals surface area contributed by atoms with Crippen molar-refractivity contribution in [2.45, 2.75) is 11.8 Å². The van der Waals surface area contributed by atoms with Gasteiger partial charge in [0.05, 0.1) is 29.5 Å². The molecule has 0 amide bonds. The molecule has 1 aromatic heterocycles. The molecule has 1 unspecified atom stereocenters. The smallest absolute Gasteiger partial charge is 0.146 e. The van der Waals surface area contributed by atoms with Crippen LogP contribution in [0.3, 0.4) is 0 Å². The van der Waals surface area contributed by atoms with Crippen molar-refractivity contribution in [2.24, 2.45) is 0 Å². The van der Waals surface area contributed by atoms with Gasteiger partial charge in [-0.05, 0) is 23.8 Å². The molecule has 1 aliphatic heterocycles. The Morgan fingerprint density at radius 3 is 2.62 bits per heavy atom. The monoisotopic (exact) mass is 346 g/mol. The molecule has 4 nitrogen and oxygen atoms in total. The highest BCUT2D eigenvalue weighted by atomic mass is 35.5. The summed E-state index contributed by atoms with van der Waals surface area (Å²) in [6.45, 7) is 0.962. The molecule has 3 N–H and O–H groups in total. The highest BCUT2D eigenvalue weighted by Gasteiger charge is 2.41. The van der Waals surface area contributed by atoms with Gasteiger partial charge in [0.2, 0.25) is 0 Å². The van der Waals surface area contributed by atoms with Gasteiger partial charge in [0.25, 0.3) is 0 Å². The Morgan fingerprint density at radius 1 is 1.21 bits per heavy atom. The Labute approximate surface area is 143 Å². The number of halogens is 2. The number of aromatic amines is 1. The quantitative estimate of drug-likeness (QED) is 0.634. The van der Waals surface area contributed by atoms with Crippen LogP contribution < -0.4 is 5.32 Å². The zero-order valence-corrected chi connectivity index (χ0v) is 13.5. The second-order valence-electron chi connectivity index (χ2n) is 6.07. The van der Waals surface area contributed by atoms with Gasteiger partial charge in [0, 0.05) is 10.9 Å². The second kappa shape index (κ2) is 5.86. The van der Waals surface area contributed by atoms with Crippen LogP contribution in [0, 0.1) is 5.82 Å². The van der Waals surface area contributed by atoms with Gasteiger partial charge in [-0.2, -0.15) is 0 Å². The Bertz CT molecular complexity index is 838. The first-order valence-electron chi connectivity index (χ1n) is 7.64. The van der Waals surface area contributed by atoms with Crippen LogP contribution in [0.5, 0.6) is 0 Å². The van der Waals surface area contributed by atoms with Crippen molar-refractivity contribution in [1.29, 1.82) is 0 Å². The second-order valence-corrected chi connectivity index (χ2v) is 6.47. The Kier molecular flexibility index (Phi) is 3.81. The van der Waals surface area contributed by atoms with Crippen LogP contribution in [-0.2, 0) is 10.3 Å². The number of hydrogen-bond acceptors (Lipinski definition) is 3. The zero-order chi connectivity index (χ0) is 16.7. The lowest BCUT2D eigenvalue weighted by Crippen LogP contribution is -2.58. The lowest BCUT2D eigenvalue weighted by Gasteiger charge is -2.44. The molecule has 0 spiro atoms. The van der Waals surface area contributed by atoms with Crippen LogP contribution >= 0.6 is 11.6 Å². The molecular weight excluding hydrogens is 331 g/mol. The van der Waals surface area contributed by atoms with Gasteiger partial charge in [0.15, 0.2) is 0 Å². The van der Waals surface area contributed by atoms with E-state index in [0.717, 1.165) is 10.9 Å². The molecule has 124 valence electrons. The first-order chi connectivity index (χ1) is 11.6. The summed E-state index contributed by atoms with van der Waals surface area (Å²) in [5, 5.41) is 14.6. The summed E-state index contributed by atoms with van der Waals surface area (Å²) in [5.41, 5.74) is 1.77. The van der Waals surface area contributed by atoms with Gasteiger partial charge in [-0.3, -0.25) is 5.32 Å². The van der Waals surface area contributed by atoms with Crippen LogP contribution in [0.15, 0.2) is 48.5 Å². The van der Waals surface area contributed by atoms with E-state index >= 15 is 0 Å². The van der Waals surface area contributed by atoms with E-state index in [4.69, 9.17) is 16.3 Å². The van der Waals surface area contributed by atoms with Crippen LogP contribution in [0.2, 0.25) is 5.02 Å². The largest absolute Gasteiger partial charge is 0.377 e. The first kappa shape index (κ1) is 15.6. The lowest BCUT2D eigenvalue weighted by molar-refractivity contribution is -0.103. The topological polar surface area (TPSA) is 57.3 Å². The fraction of sp³-hybridized carbons (Fsp3) is 0.222. The third kappa shape index (κ3) is 2.59. The van der Waals surface area contributed by atoms with Crippen molar-refractivity contribution in [3.05, 3.63) is 70.6 Å². The summed E-state index contributed by atoms with van der Waals surface area (Å²) < 4.78 is 18.9. The lowest BCUT2D eigenvalue weighted by atomic mass is 9.87. The van der Waals surface area contributed by atoms with E-state index in [1.807, 2.05) is 30.3 Å². The minimum Gasteiger partial charge on any atom is -0.377 e. The summed E-state index contributed by atoms with van der Waals surface area (Å²) in [6, 6.07) is 14.5. The molecule has 1 aliphatic rings. The standard InChI is InChI=1S/C18H16ClFN2O2/c19-13-6-11-7-16(21-15(11)8-14(13)20)17(23)22-18(9-24-10-18)12-4-2-1-3-5-12/h1-8,17,21-23H,9-10H2. The molecule has 24 heavy (non-hydrogen) atoms. The van der Waals surface area contributed by atoms with E-state index in [0.29, 0.717) is 24.4 Å². The summed E-state index contributed by atoms with van der Waals surface area (Å²) >= 11 is 5.81. The number of aliphatic hydroxyl groups excluding tert-OH is 1. The maximum Gasteiger partial charge on any atom is 0.146 e. The van der Waals surface area contributed by atoms with Crippen molar-refractivity contribution in [3.63, 3.8) is 0 Å². The molecule has 2 heterocycles. The molecule has 2 aromatic carbocycles. The molecular formula is C18H16ClFN2O2. The van der Waals surface area contributed by atoms with E-state index in [9.17, 15) is 9.50 Å². The summed E-state index contributed by atoms with van der Waals surface area (Å²) in [4.78, 5) is 3.03. The molecule has 3 aromatic rings. The average Bonchev–Trinajstić information content (AvgIpc) is 2.95. The summed E-state index contributed by atoms with van der Waals surface area (Å²) in [5.74, 6) is -0.492. The molecule has 0 saturated carbocycles. The van der Waals surface area contributed by atoms with Gasteiger partial charge in [-0.1, -0.05) is 41.9 Å². The SMILES string of the molecule is OC(NC1(c2ccccc2)COC1)c1cc2cc(Cl)c(F)cc2[nH]1. The number of aromatic nitrogens is 1. The van der Waals surface area contributed by atoms with Crippen LogP contribution in [0.1, 0.15) is 17.5 Å². The predicted molar refractivity (Wildman–Crippen MR) is 90.3 cm³/mol. The van der Waals surface area contributed by atoms with Crippen molar-refractivity contribution in [2.75, 3.05) is 13.2 Å². The molecule has 1 saturated heterocycles. The Morgan fingerprint density at radius 2 is 1.96 bits per heavy atom. The first-order valence-corrected chi connectivity index (χ1v) is 8.02. The van der Waals surface area contributed by atoms with Crippen molar-refractivity contribution in [1.82, 2.24) is 10.3 Å². The fourth-order valence-electron chi connectivity index (χ4n) is 3.03. The Balaban J connectivity index is 1.63. The number of nitrogens with one attached hydrogen (secondary N) is 2. The summed E-state index contributed by atoms with van der Waals surface area (Å²) in [6.07, 6.45) is -0.941. The van der Waals surface area contributed by atoms with Gasteiger partial charge in [-0.15, -0.1) is 0 Å². The molecule has 0 bridgehead atoms. The molecule has 1 atom stereocenters. The van der Waals surface area contributed by atoms with Gasteiger partial charge >= 0.3 is 0 Å². The normalized spacial score (nSPS) is 17.6. The fourth-order valence-corrected chi connectivity index (χ4v) is 3.20. The van der Waals surface area contributed by atoms with E-state index in [-0.39, 0.29) is 5.02 Å². The highest BCUT2D eigenvalue weighted by molar-refractivity contribution is 6.31. The maximum absolute atomic E-state index is 13.6. The molecule has 1 fully saturated rings. The number of rotatable bonds is 4. The van der Waals surface area contributed by atoms with E-state index in [2.05, 4.69) is 10.3 Å². The number of fused-ring (bicyclic) bond motifs is 1. The van der Waals surface area contributed by atoms with Crippen LogP contribution in [-0.4, -0.2) is 23.3 Å². The number of benzene rings is 2. The van der Waals surface area contributed by atoms with E-state index in [1.54, 1.807) is 12.1 Å². The maximum atomic E-state index is 13.6. The van der Waals surface area contributed by atoms with Crippen molar-refractivity contribution >= 4 is 22.5 Å². The average molecular weight is 347 g/mol. The summed E-state index contributed by atoms with van der Waals surface area (Å²) in [7, 11) is 0. The number of H-pyrrole nitrogens is 1. The zero-order valence-electron chi connectivity index (χ0n) is 12.7. The van der Waals surface area contributed by atoms with E-state index in [1.165, 1.54) is 6.07 Å². The molecule has 0 radical (unpaired) electrons. The minimum absolute atomic E-state index is 0.0589. The van der Waals surface area contributed by atoms with Crippen molar-refractivity contribution < 1.29 is 14.2 Å². The van der Waals surface area contributed by atoms with Crippen LogP contribution in [0.25, 0.3) is 10.9 Å². The highest BCUT2D eigenvalue weighted by Crippen LogP contribution is 2.33. The molecule has 6 heteroatoms. The number of hydrogen-bond donors (Lipinski definition) is 3. The van der Waals surface area contributed by atoms with Gasteiger partial charge in [-0.25, -0.2) is 4.39 Å². The van der Waals surface area contributed by atoms with Crippen molar-refractivity contribution in [3.8, 4) is 0 Å². The minimum atomic E-state index is -0.941. The number of ether oxygens (including phenoxy) is 1. The molecule has 0 aliphatic carbocycles. The molecule has 4 rings (SSSR count). The third-order valence-corrected chi connectivity index (χ3v) is 4.70. The van der Waals surface area contributed by atoms with Crippen LogP contribution in [0.4, 0.5) is 4.39 Å². The van der Waals surface area contributed by atoms with Gasteiger partial charge < -0.3 is 14.8 Å². The Hall–Kier alpha value is -1.92. The van der Waals surface area contributed by atoms with E-state index < -0.39 is 17.6 Å². The third-order valence-electron chi connectivity index (χ3n) is 4.41. The number of aliphatic hydroxyl groups is 1.